The molecule has 0 aliphatic heterocycles. The highest BCUT2D eigenvalue weighted by Crippen LogP contribution is 2.32. The van der Waals surface area contributed by atoms with Crippen LogP contribution in [0.1, 0.15) is 10.4 Å². The third-order valence-corrected chi connectivity index (χ3v) is 7.06. The summed E-state index contributed by atoms with van der Waals surface area (Å²) >= 11 is 21.4. The van der Waals surface area contributed by atoms with Gasteiger partial charge in [-0.15, -0.1) is 0 Å². The highest BCUT2D eigenvalue weighted by atomic mass is 79.9. The van der Waals surface area contributed by atoms with Crippen molar-refractivity contribution < 1.29 is 13.2 Å². The van der Waals surface area contributed by atoms with Crippen LogP contribution in [-0.2, 0) is 10.0 Å². The molecule has 0 bridgehead atoms. The summed E-state index contributed by atoms with van der Waals surface area (Å²) in [6, 6.07) is 13.2. The Hall–Kier alpha value is -1.97. The summed E-state index contributed by atoms with van der Waals surface area (Å²) < 4.78 is 28.8. The van der Waals surface area contributed by atoms with Crippen molar-refractivity contribution in [3.05, 3.63) is 79.7 Å². The lowest BCUT2D eigenvalue weighted by atomic mass is 10.1. The van der Waals surface area contributed by atoms with E-state index in [1.165, 1.54) is 42.3 Å². The molecule has 0 aromatic heterocycles. The van der Waals surface area contributed by atoms with Gasteiger partial charge in [0.2, 0.25) is 0 Å². The van der Waals surface area contributed by atoms with Crippen LogP contribution in [0.2, 0.25) is 15.1 Å². The zero-order valence-corrected chi connectivity index (χ0v) is 20.5. The minimum Gasteiger partial charge on any atom is -0.397 e. The third kappa shape index (κ3) is 5.27. The van der Waals surface area contributed by atoms with Gasteiger partial charge in [0.05, 0.1) is 37.6 Å². The predicted molar refractivity (Wildman–Crippen MR) is 130 cm³/mol. The summed E-state index contributed by atoms with van der Waals surface area (Å²) in [5, 5.41) is 0.946. The second-order valence-corrected chi connectivity index (χ2v) is 10.3. The SMILES string of the molecule is CN(C(=O)c1cc(Br)ccc1NS(=O)(=O)c1ccc(Cl)c(N)c1)c1cc(Cl)ccc1Cl. The van der Waals surface area contributed by atoms with Crippen LogP contribution in [-0.4, -0.2) is 21.4 Å². The summed E-state index contributed by atoms with van der Waals surface area (Å²) in [5.74, 6) is -0.501. The lowest BCUT2D eigenvalue weighted by Gasteiger charge is -2.21. The van der Waals surface area contributed by atoms with E-state index in [9.17, 15) is 13.2 Å². The lowest BCUT2D eigenvalue weighted by Crippen LogP contribution is -2.28. The Bertz CT molecular complexity index is 1290. The average molecular weight is 564 g/mol. The molecule has 0 aliphatic carbocycles. The Morgan fingerprint density at radius 3 is 2.35 bits per heavy atom. The molecule has 0 spiro atoms. The quantitative estimate of drug-likeness (QED) is 0.369. The topological polar surface area (TPSA) is 92.5 Å². The number of sulfonamides is 1. The number of anilines is 3. The van der Waals surface area contributed by atoms with Crippen LogP contribution in [0.15, 0.2) is 64.0 Å². The van der Waals surface area contributed by atoms with Crippen LogP contribution in [0.3, 0.4) is 0 Å². The molecule has 1 amide bonds. The van der Waals surface area contributed by atoms with Gasteiger partial charge >= 0.3 is 0 Å². The number of carbonyl (C=O) groups excluding carboxylic acids is 1. The van der Waals surface area contributed by atoms with Crippen molar-refractivity contribution in [1.82, 2.24) is 0 Å². The summed E-state index contributed by atoms with van der Waals surface area (Å²) in [6.45, 7) is 0. The van der Waals surface area contributed by atoms with E-state index in [2.05, 4.69) is 20.7 Å². The van der Waals surface area contributed by atoms with Crippen LogP contribution in [0.4, 0.5) is 17.1 Å². The van der Waals surface area contributed by atoms with Gasteiger partial charge < -0.3 is 10.6 Å². The fourth-order valence-corrected chi connectivity index (χ4v) is 4.71. The molecule has 0 aliphatic rings. The maximum atomic E-state index is 13.2. The van der Waals surface area contributed by atoms with Crippen LogP contribution < -0.4 is 15.4 Å². The Kier molecular flexibility index (Phi) is 7.08. The average Bonchev–Trinajstić information content (AvgIpc) is 2.71. The minimum atomic E-state index is -4.05. The number of nitrogens with zero attached hydrogens (tertiary/aromatic N) is 1. The van der Waals surface area contributed by atoms with Crippen LogP contribution in [0.5, 0.6) is 0 Å². The number of carbonyl (C=O) groups is 1. The fourth-order valence-electron chi connectivity index (χ4n) is 2.71. The molecule has 3 N–H and O–H groups in total. The van der Waals surface area contributed by atoms with E-state index in [4.69, 9.17) is 40.5 Å². The molecule has 0 saturated carbocycles. The van der Waals surface area contributed by atoms with Crippen molar-refractivity contribution in [3.63, 3.8) is 0 Å². The van der Waals surface area contributed by atoms with E-state index in [-0.39, 0.29) is 26.9 Å². The third-order valence-electron chi connectivity index (χ3n) is 4.31. The first-order valence-corrected chi connectivity index (χ1v) is 12.0. The molecule has 0 unspecified atom stereocenters. The normalized spacial score (nSPS) is 11.3. The lowest BCUT2D eigenvalue weighted by molar-refractivity contribution is 0.0994. The van der Waals surface area contributed by atoms with E-state index in [0.29, 0.717) is 20.2 Å². The molecular formula is C20H15BrCl3N3O3S. The largest absolute Gasteiger partial charge is 0.397 e. The molecule has 3 aromatic carbocycles. The highest BCUT2D eigenvalue weighted by Gasteiger charge is 2.23. The molecule has 0 radical (unpaired) electrons. The first kappa shape index (κ1) is 23.7. The molecule has 3 aromatic rings. The first-order chi connectivity index (χ1) is 14.5. The van der Waals surface area contributed by atoms with Crippen LogP contribution >= 0.6 is 50.7 Å². The van der Waals surface area contributed by atoms with E-state index in [0.717, 1.165) is 0 Å². The van der Waals surface area contributed by atoms with E-state index < -0.39 is 15.9 Å². The number of hydrogen-bond acceptors (Lipinski definition) is 4. The molecule has 162 valence electrons. The maximum Gasteiger partial charge on any atom is 0.261 e. The summed E-state index contributed by atoms with van der Waals surface area (Å²) in [4.78, 5) is 14.4. The second kappa shape index (κ2) is 9.26. The van der Waals surface area contributed by atoms with Gasteiger partial charge in [-0.3, -0.25) is 9.52 Å². The van der Waals surface area contributed by atoms with Gasteiger partial charge in [0.1, 0.15) is 0 Å². The molecule has 0 heterocycles. The number of halogens is 4. The number of nitrogens with two attached hydrogens (primary N) is 1. The molecular weight excluding hydrogens is 549 g/mol. The zero-order valence-electron chi connectivity index (χ0n) is 15.9. The Morgan fingerprint density at radius 2 is 1.68 bits per heavy atom. The number of amides is 1. The van der Waals surface area contributed by atoms with Crippen molar-refractivity contribution in [2.24, 2.45) is 0 Å². The molecule has 0 fully saturated rings. The Morgan fingerprint density at radius 1 is 1.00 bits per heavy atom. The van der Waals surface area contributed by atoms with Gasteiger partial charge in [0.25, 0.3) is 15.9 Å². The van der Waals surface area contributed by atoms with Crippen LogP contribution in [0, 0.1) is 0 Å². The summed E-state index contributed by atoms with van der Waals surface area (Å²) in [5.41, 5.74) is 6.39. The van der Waals surface area contributed by atoms with Crippen LogP contribution in [0.25, 0.3) is 0 Å². The van der Waals surface area contributed by atoms with Crippen molar-refractivity contribution in [2.45, 2.75) is 4.90 Å². The molecule has 3 rings (SSSR count). The molecule has 0 saturated heterocycles. The molecule has 31 heavy (non-hydrogen) atoms. The zero-order chi connectivity index (χ0) is 22.9. The number of nitrogen functional groups attached to an aromatic ring is 1. The van der Waals surface area contributed by atoms with Crippen molar-refractivity contribution >= 4 is 83.7 Å². The van der Waals surface area contributed by atoms with Gasteiger partial charge in [-0.1, -0.05) is 50.7 Å². The smallest absolute Gasteiger partial charge is 0.261 e. The number of hydrogen-bond donors (Lipinski definition) is 2. The van der Waals surface area contributed by atoms with Gasteiger partial charge in [-0.05, 0) is 54.6 Å². The molecule has 11 heteroatoms. The standard InChI is InChI=1S/C20H15BrCl3N3O3S/c1-27(19-9-12(22)3-5-16(19)24)20(28)14-8-11(21)2-7-18(14)26-31(29,30)13-4-6-15(23)17(25)10-13/h2-10,26H,25H2,1H3. The number of rotatable bonds is 5. The number of benzene rings is 3. The van der Waals surface area contributed by atoms with Gasteiger partial charge in [0.15, 0.2) is 0 Å². The van der Waals surface area contributed by atoms with Crippen molar-refractivity contribution in [2.75, 3.05) is 22.4 Å². The van der Waals surface area contributed by atoms with Gasteiger partial charge in [-0.2, -0.15) is 0 Å². The van der Waals surface area contributed by atoms with Crippen molar-refractivity contribution in [1.29, 1.82) is 0 Å². The van der Waals surface area contributed by atoms with E-state index in [1.807, 2.05) is 0 Å². The minimum absolute atomic E-state index is 0.0757. The predicted octanol–water partition coefficient (Wildman–Crippen LogP) is 6.07. The van der Waals surface area contributed by atoms with Gasteiger partial charge in [0, 0.05) is 16.5 Å². The Labute approximate surface area is 203 Å². The fraction of sp³-hybridized carbons (Fsp3) is 0.0500. The molecule has 6 nitrogen and oxygen atoms in total. The Balaban J connectivity index is 2.01. The van der Waals surface area contributed by atoms with Gasteiger partial charge in [-0.25, -0.2) is 8.42 Å². The molecule has 0 atom stereocenters. The second-order valence-electron chi connectivity index (χ2n) is 6.44. The van der Waals surface area contributed by atoms with E-state index >= 15 is 0 Å². The first-order valence-electron chi connectivity index (χ1n) is 8.60. The number of nitrogens with one attached hydrogen (secondary N) is 1. The summed E-state index contributed by atoms with van der Waals surface area (Å²) in [6.07, 6.45) is 0. The van der Waals surface area contributed by atoms with E-state index in [1.54, 1.807) is 24.3 Å². The summed E-state index contributed by atoms with van der Waals surface area (Å²) in [7, 11) is -2.54. The maximum absolute atomic E-state index is 13.2. The highest BCUT2D eigenvalue weighted by molar-refractivity contribution is 9.10. The monoisotopic (exact) mass is 561 g/mol. The van der Waals surface area contributed by atoms with Crippen molar-refractivity contribution in [3.8, 4) is 0 Å².